The van der Waals surface area contributed by atoms with Gasteiger partial charge in [0, 0.05) is 44.7 Å². The highest BCUT2D eigenvalue weighted by molar-refractivity contribution is 5.79. The van der Waals surface area contributed by atoms with Crippen LogP contribution in [0.15, 0.2) is 30.3 Å². The van der Waals surface area contributed by atoms with Crippen LogP contribution in [0.5, 0.6) is 0 Å². The molecular formula is C18H27N3O. The molecule has 1 aliphatic heterocycles. The van der Waals surface area contributed by atoms with Crippen molar-refractivity contribution in [3.8, 4) is 0 Å². The highest BCUT2D eigenvalue weighted by Gasteiger charge is 2.27. The SMILES string of the molecule is CN1CCN(CCNC(=O)C2CCC2)C(c2ccccc2)C1. The number of carbonyl (C=O) groups excluding carboxylic acids is 1. The predicted octanol–water partition coefficient (Wildman–Crippen LogP) is 1.89. The molecule has 1 unspecified atom stereocenters. The molecule has 1 saturated carbocycles. The molecule has 4 nitrogen and oxygen atoms in total. The molecule has 22 heavy (non-hydrogen) atoms. The average Bonchev–Trinajstić information content (AvgIpc) is 2.48. The molecule has 1 saturated heterocycles. The maximum atomic E-state index is 11.9. The van der Waals surface area contributed by atoms with Gasteiger partial charge in [-0.1, -0.05) is 36.8 Å². The van der Waals surface area contributed by atoms with Gasteiger partial charge < -0.3 is 10.2 Å². The summed E-state index contributed by atoms with van der Waals surface area (Å²) in [6.07, 6.45) is 3.37. The van der Waals surface area contributed by atoms with Crippen LogP contribution in [0.1, 0.15) is 30.9 Å². The number of rotatable bonds is 5. The summed E-state index contributed by atoms with van der Waals surface area (Å²) in [5.41, 5.74) is 1.37. The number of nitrogens with one attached hydrogen (secondary N) is 1. The topological polar surface area (TPSA) is 35.6 Å². The smallest absolute Gasteiger partial charge is 0.223 e. The van der Waals surface area contributed by atoms with E-state index in [9.17, 15) is 4.79 Å². The second kappa shape index (κ2) is 7.25. The normalized spacial score (nSPS) is 24.0. The number of piperazine rings is 1. The summed E-state index contributed by atoms with van der Waals surface area (Å²) in [7, 11) is 2.19. The fourth-order valence-electron chi connectivity index (χ4n) is 3.35. The van der Waals surface area contributed by atoms with Crippen LogP contribution in [0.25, 0.3) is 0 Å². The molecule has 0 aromatic heterocycles. The third kappa shape index (κ3) is 3.68. The minimum absolute atomic E-state index is 0.261. The second-order valence-corrected chi connectivity index (χ2v) is 6.64. The van der Waals surface area contributed by atoms with Crippen LogP contribution < -0.4 is 5.32 Å². The van der Waals surface area contributed by atoms with E-state index < -0.39 is 0 Å². The second-order valence-electron chi connectivity index (χ2n) is 6.64. The van der Waals surface area contributed by atoms with Gasteiger partial charge in [-0.2, -0.15) is 0 Å². The van der Waals surface area contributed by atoms with Gasteiger partial charge in [0.15, 0.2) is 0 Å². The third-order valence-electron chi connectivity index (χ3n) is 5.05. The highest BCUT2D eigenvalue weighted by atomic mass is 16.1. The van der Waals surface area contributed by atoms with Crippen molar-refractivity contribution < 1.29 is 4.79 Å². The Balaban J connectivity index is 1.54. The summed E-state index contributed by atoms with van der Waals surface area (Å²) in [6, 6.07) is 11.1. The van der Waals surface area contributed by atoms with E-state index in [0.29, 0.717) is 6.04 Å². The van der Waals surface area contributed by atoms with Crippen molar-refractivity contribution in [2.75, 3.05) is 39.8 Å². The number of likely N-dealkylation sites (N-methyl/N-ethyl adjacent to an activating group) is 1. The van der Waals surface area contributed by atoms with Crippen LogP contribution in [0, 0.1) is 5.92 Å². The molecule has 1 aliphatic carbocycles. The van der Waals surface area contributed by atoms with Gasteiger partial charge in [-0.15, -0.1) is 0 Å². The lowest BCUT2D eigenvalue weighted by molar-refractivity contribution is -0.127. The van der Waals surface area contributed by atoms with Crippen molar-refractivity contribution in [2.45, 2.75) is 25.3 Å². The minimum Gasteiger partial charge on any atom is -0.355 e. The van der Waals surface area contributed by atoms with E-state index in [1.165, 1.54) is 12.0 Å². The lowest BCUT2D eigenvalue weighted by atomic mass is 9.85. The molecule has 0 spiro atoms. The van der Waals surface area contributed by atoms with E-state index in [0.717, 1.165) is 45.6 Å². The molecule has 1 amide bonds. The molecule has 3 rings (SSSR count). The molecule has 1 aromatic rings. The number of benzene rings is 1. The Kier molecular flexibility index (Phi) is 5.11. The molecule has 0 radical (unpaired) electrons. The first-order valence-corrected chi connectivity index (χ1v) is 8.49. The number of hydrogen-bond acceptors (Lipinski definition) is 3. The summed E-state index contributed by atoms with van der Waals surface area (Å²) in [6.45, 7) is 4.92. The Morgan fingerprint density at radius 3 is 2.68 bits per heavy atom. The first-order chi connectivity index (χ1) is 10.7. The summed E-state index contributed by atoms with van der Waals surface area (Å²) in [4.78, 5) is 16.8. The molecule has 2 aliphatic rings. The van der Waals surface area contributed by atoms with Gasteiger partial charge in [0.05, 0.1) is 0 Å². The molecule has 1 heterocycles. The van der Waals surface area contributed by atoms with Crippen molar-refractivity contribution in [1.82, 2.24) is 15.1 Å². The zero-order valence-electron chi connectivity index (χ0n) is 13.5. The van der Waals surface area contributed by atoms with Crippen molar-refractivity contribution in [2.24, 2.45) is 5.92 Å². The molecule has 1 atom stereocenters. The number of amides is 1. The first kappa shape index (κ1) is 15.5. The quantitative estimate of drug-likeness (QED) is 0.902. The van der Waals surface area contributed by atoms with Gasteiger partial charge >= 0.3 is 0 Å². The molecule has 4 heteroatoms. The van der Waals surface area contributed by atoms with Crippen molar-refractivity contribution in [3.63, 3.8) is 0 Å². The first-order valence-electron chi connectivity index (χ1n) is 8.49. The van der Waals surface area contributed by atoms with Gasteiger partial charge in [-0.3, -0.25) is 9.69 Å². The van der Waals surface area contributed by atoms with Gasteiger partial charge in [0.2, 0.25) is 5.91 Å². The monoisotopic (exact) mass is 301 g/mol. The van der Waals surface area contributed by atoms with Crippen LogP contribution in [-0.2, 0) is 4.79 Å². The standard InChI is InChI=1S/C18H27N3O/c1-20-12-13-21(11-10-19-18(22)16-8-5-9-16)17(14-20)15-6-3-2-4-7-15/h2-4,6-7,16-17H,5,8-14H2,1H3,(H,19,22). The lowest BCUT2D eigenvalue weighted by Gasteiger charge is -2.40. The van der Waals surface area contributed by atoms with Crippen LogP contribution in [-0.4, -0.2) is 55.5 Å². The molecular weight excluding hydrogens is 274 g/mol. The number of carbonyl (C=O) groups is 1. The van der Waals surface area contributed by atoms with Crippen LogP contribution in [0.2, 0.25) is 0 Å². The van der Waals surface area contributed by atoms with E-state index in [1.54, 1.807) is 0 Å². The van der Waals surface area contributed by atoms with Gasteiger partial charge in [-0.05, 0) is 25.5 Å². The highest BCUT2D eigenvalue weighted by Crippen LogP contribution is 2.26. The van der Waals surface area contributed by atoms with Crippen LogP contribution in [0.3, 0.4) is 0 Å². The van der Waals surface area contributed by atoms with E-state index in [4.69, 9.17) is 0 Å². The van der Waals surface area contributed by atoms with Gasteiger partial charge in [0.25, 0.3) is 0 Å². The molecule has 120 valence electrons. The van der Waals surface area contributed by atoms with Crippen LogP contribution in [0.4, 0.5) is 0 Å². The van der Waals surface area contributed by atoms with E-state index in [-0.39, 0.29) is 11.8 Å². The summed E-state index contributed by atoms with van der Waals surface area (Å²) < 4.78 is 0. The van der Waals surface area contributed by atoms with Crippen molar-refractivity contribution in [1.29, 1.82) is 0 Å². The lowest BCUT2D eigenvalue weighted by Crippen LogP contribution is -2.49. The fraction of sp³-hybridized carbons (Fsp3) is 0.611. The summed E-state index contributed by atoms with van der Waals surface area (Å²) in [5, 5.41) is 3.12. The van der Waals surface area contributed by atoms with Gasteiger partial charge in [0.1, 0.15) is 0 Å². The fourth-order valence-corrected chi connectivity index (χ4v) is 3.35. The van der Waals surface area contributed by atoms with E-state index in [2.05, 4.69) is 52.5 Å². The molecule has 0 bridgehead atoms. The maximum absolute atomic E-state index is 11.9. The maximum Gasteiger partial charge on any atom is 0.223 e. The number of hydrogen-bond donors (Lipinski definition) is 1. The molecule has 2 fully saturated rings. The van der Waals surface area contributed by atoms with E-state index >= 15 is 0 Å². The Labute approximate surface area is 133 Å². The van der Waals surface area contributed by atoms with E-state index in [1.807, 2.05) is 0 Å². The Morgan fingerprint density at radius 1 is 1.23 bits per heavy atom. The Morgan fingerprint density at radius 2 is 2.00 bits per heavy atom. The zero-order valence-corrected chi connectivity index (χ0v) is 13.5. The minimum atomic E-state index is 0.261. The van der Waals surface area contributed by atoms with Gasteiger partial charge in [-0.25, -0.2) is 0 Å². The largest absolute Gasteiger partial charge is 0.355 e. The third-order valence-corrected chi connectivity index (χ3v) is 5.05. The summed E-state index contributed by atoms with van der Waals surface area (Å²) >= 11 is 0. The predicted molar refractivity (Wildman–Crippen MR) is 88.6 cm³/mol. The number of nitrogens with zero attached hydrogens (tertiary/aromatic N) is 2. The van der Waals surface area contributed by atoms with Crippen molar-refractivity contribution >= 4 is 5.91 Å². The Hall–Kier alpha value is -1.39. The van der Waals surface area contributed by atoms with Crippen molar-refractivity contribution in [3.05, 3.63) is 35.9 Å². The van der Waals surface area contributed by atoms with Crippen LogP contribution >= 0.6 is 0 Å². The zero-order chi connectivity index (χ0) is 15.4. The molecule has 1 N–H and O–H groups in total. The summed E-state index contributed by atoms with van der Waals surface area (Å²) in [5.74, 6) is 0.550. The average molecular weight is 301 g/mol. The molecule has 1 aromatic carbocycles. The Bertz CT molecular complexity index is 486.